The number of allylic oxidation sites excluding steroid dienone is 2. The van der Waals surface area contributed by atoms with Crippen LogP contribution in [0.25, 0.3) is 22.4 Å². The molecule has 6 nitrogen and oxygen atoms in total. The zero-order chi connectivity index (χ0) is 25.8. The van der Waals surface area contributed by atoms with Crippen LogP contribution >= 0.6 is 0 Å². The molecule has 190 valence electrons. The SMILES string of the molecule is CC=C(CC)Oc1cccc(Oc2ccc(-c3nc4cc(C(=O)O)ccc4n3C3CCCCC3)cc2)c1. The molecule has 0 radical (unpaired) electrons. The topological polar surface area (TPSA) is 73.6 Å². The molecule has 5 rings (SSSR count). The monoisotopic (exact) mass is 496 g/mol. The molecular formula is C31H32N2O4. The Morgan fingerprint density at radius 2 is 1.76 bits per heavy atom. The lowest BCUT2D eigenvalue weighted by Gasteiger charge is -2.25. The van der Waals surface area contributed by atoms with Gasteiger partial charge in [0.1, 0.15) is 23.1 Å². The van der Waals surface area contributed by atoms with Crippen molar-refractivity contribution in [1.29, 1.82) is 0 Å². The highest BCUT2D eigenvalue weighted by Gasteiger charge is 2.23. The molecule has 0 unspecified atom stereocenters. The number of carboxylic acids is 1. The van der Waals surface area contributed by atoms with Crippen LogP contribution in [0.5, 0.6) is 17.2 Å². The van der Waals surface area contributed by atoms with Crippen LogP contribution in [0.15, 0.2) is 78.6 Å². The molecule has 1 aliphatic rings. The zero-order valence-corrected chi connectivity index (χ0v) is 21.3. The smallest absolute Gasteiger partial charge is 0.335 e. The van der Waals surface area contributed by atoms with E-state index < -0.39 is 5.97 Å². The van der Waals surface area contributed by atoms with Crippen molar-refractivity contribution in [3.8, 4) is 28.6 Å². The van der Waals surface area contributed by atoms with Crippen molar-refractivity contribution in [2.24, 2.45) is 0 Å². The third-order valence-corrected chi connectivity index (χ3v) is 6.95. The number of benzene rings is 3. The Labute approximate surface area is 217 Å². The number of aromatic carboxylic acids is 1. The molecule has 1 aliphatic carbocycles. The number of hydrogen-bond donors (Lipinski definition) is 1. The Morgan fingerprint density at radius 1 is 1.00 bits per heavy atom. The molecule has 0 saturated heterocycles. The van der Waals surface area contributed by atoms with Crippen molar-refractivity contribution in [3.05, 3.63) is 84.1 Å². The van der Waals surface area contributed by atoms with E-state index in [2.05, 4.69) is 11.5 Å². The normalized spacial score (nSPS) is 14.6. The number of hydrogen-bond acceptors (Lipinski definition) is 4. The van der Waals surface area contributed by atoms with Crippen LogP contribution in [-0.2, 0) is 0 Å². The van der Waals surface area contributed by atoms with Crippen molar-refractivity contribution in [2.75, 3.05) is 0 Å². The van der Waals surface area contributed by atoms with Crippen LogP contribution in [0.2, 0.25) is 0 Å². The number of carboxylic acid groups (broad SMARTS) is 1. The Balaban J connectivity index is 1.44. The van der Waals surface area contributed by atoms with Gasteiger partial charge in [0.05, 0.1) is 22.4 Å². The fourth-order valence-corrected chi connectivity index (χ4v) is 5.04. The molecule has 0 amide bonds. The summed E-state index contributed by atoms with van der Waals surface area (Å²) in [5.74, 6) is 3.00. The Morgan fingerprint density at radius 3 is 2.46 bits per heavy atom. The maximum absolute atomic E-state index is 11.5. The zero-order valence-electron chi connectivity index (χ0n) is 21.3. The summed E-state index contributed by atoms with van der Waals surface area (Å²) in [6.45, 7) is 4.03. The molecular weight excluding hydrogens is 464 g/mol. The van der Waals surface area contributed by atoms with Gasteiger partial charge >= 0.3 is 5.97 Å². The first-order valence-electron chi connectivity index (χ1n) is 13.0. The summed E-state index contributed by atoms with van der Waals surface area (Å²) < 4.78 is 14.3. The molecule has 0 spiro atoms. The second-order valence-electron chi connectivity index (χ2n) is 9.42. The third kappa shape index (κ3) is 5.38. The molecule has 37 heavy (non-hydrogen) atoms. The minimum Gasteiger partial charge on any atom is -0.478 e. The average molecular weight is 497 g/mol. The van der Waals surface area contributed by atoms with Crippen molar-refractivity contribution in [2.45, 2.75) is 58.4 Å². The lowest BCUT2D eigenvalue weighted by Crippen LogP contribution is -2.14. The second kappa shape index (κ2) is 10.9. The summed E-state index contributed by atoms with van der Waals surface area (Å²) in [6, 6.07) is 21.1. The van der Waals surface area contributed by atoms with Gasteiger partial charge in [-0.2, -0.15) is 0 Å². The van der Waals surface area contributed by atoms with Crippen molar-refractivity contribution < 1.29 is 19.4 Å². The van der Waals surface area contributed by atoms with E-state index in [4.69, 9.17) is 14.5 Å². The number of rotatable bonds is 8. The van der Waals surface area contributed by atoms with Gasteiger partial charge in [0.25, 0.3) is 0 Å². The maximum atomic E-state index is 11.5. The maximum Gasteiger partial charge on any atom is 0.335 e. The van der Waals surface area contributed by atoms with Gasteiger partial charge in [0.15, 0.2) is 0 Å². The molecule has 3 aromatic carbocycles. The van der Waals surface area contributed by atoms with Gasteiger partial charge in [0.2, 0.25) is 0 Å². The minimum atomic E-state index is -0.941. The quantitative estimate of drug-likeness (QED) is 0.248. The van der Waals surface area contributed by atoms with E-state index in [1.54, 1.807) is 12.1 Å². The number of nitrogens with zero attached hydrogens (tertiary/aromatic N) is 2. The highest BCUT2D eigenvalue weighted by atomic mass is 16.5. The lowest BCUT2D eigenvalue weighted by molar-refractivity contribution is 0.0697. The molecule has 1 aromatic heterocycles. The van der Waals surface area contributed by atoms with Crippen LogP contribution in [0, 0.1) is 0 Å². The standard InChI is InChI=1S/C31H32N2O4/c1-3-24(4-2)36-26-11-8-12-27(20-26)37-25-16-13-21(14-17-25)30-32-28-19-22(31(34)35)15-18-29(28)33(30)23-9-6-5-7-10-23/h3,8,11-20,23H,4-7,9-10H2,1-2H3,(H,34,35). The average Bonchev–Trinajstić information content (AvgIpc) is 3.31. The molecule has 1 fully saturated rings. The first-order valence-corrected chi connectivity index (χ1v) is 13.0. The van der Waals surface area contributed by atoms with Gasteiger partial charge in [-0.3, -0.25) is 0 Å². The first-order chi connectivity index (χ1) is 18.1. The molecule has 6 heteroatoms. The van der Waals surface area contributed by atoms with Gasteiger partial charge in [-0.1, -0.05) is 32.3 Å². The van der Waals surface area contributed by atoms with Crippen LogP contribution in [-0.4, -0.2) is 20.6 Å². The van der Waals surface area contributed by atoms with Crippen molar-refractivity contribution in [1.82, 2.24) is 9.55 Å². The van der Waals surface area contributed by atoms with Crippen molar-refractivity contribution in [3.63, 3.8) is 0 Å². The van der Waals surface area contributed by atoms with Gasteiger partial charge in [0, 0.05) is 24.1 Å². The predicted molar refractivity (Wildman–Crippen MR) is 145 cm³/mol. The van der Waals surface area contributed by atoms with Gasteiger partial charge in [-0.05, 0) is 80.4 Å². The second-order valence-corrected chi connectivity index (χ2v) is 9.42. The Kier molecular flexibility index (Phi) is 7.26. The number of imidazole rings is 1. The molecule has 0 aliphatic heterocycles. The number of ether oxygens (including phenoxy) is 2. The van der Waals surface area contributed by atoms with E-state index in [1.807, 2.05) is 67.6 Å². The summed E-state index contributed by atoms with van der Waals surface area (Å²) in [5.41, 5.74) is 2.92. The summed E-state index contributed by atoms with van der Waals surface area (Å²) in [7, 11) is 0. The highest BCUT2D eigenvalue weighted by Crippen LogP contribution is 2.37. The summed E-state index contributed by atoms with van der Waals surface area (Å²) in [6.07, 6.45) is 8.65. The minimum absolute atomic E-state index is 0.253. The third-order valence-electron chi connectivity index (χ3n) is 6.95. The summed E-state index contributed by atoms with van der Waals surface area (Å²) >= 11 is 0. The van der Waals surface area contributed by atoms with Crippen LogP contribution in [0.4, 0.5) is 0 Å². The molecule has 1 saturated carbocycles. The van der Waals surface area contributed by atoms with Gasteiger partial charge < -0.3 is 19.1 Å². The first kappa shape index (κ1) is 24.6. The highest BCUT2D eigenvalue weighted by molar-refractivity contribution is 5.93. The molecule has 1 N–H and O–H groups in total. The van der Waals surface area contributed by atoms with E-state index in [-0.39, 0.29) is 5.56 Å². The molecule has 0 atom stereocenters. The van der Waals surface area contributed by atoms with Crippen LogP contribution < -0.4 is 9.47 Å². The fraction of sp³-hybridized carbons (Fsp3) is 0.290. The Hall–Kier alpha value is -4.06. The fourth-order valence-electron chi connectivity index (χ4n) is 5.04. The summed E-state index contributed by atoms with van der Waals surface area (Å²) in [5, 5.41) is 9.46. The summed E-state index contributed by atoms with van der Waals surface area (Å²) in [4.78, 5) is 16.4. The van der Waals surface area contributed by atoms with E-state index in [0.29, 0.717) is 17.3 Å². The Bertz CT molecular complexity index is 1430. The predicted octanol–water partition coefficient (Wildman–Crippen LogP) is 8.39. The van der Waals surface area contributed by atoms with E-state index in [9.17, 15) is 9.90 Å². The van der Waals surface area contributed by atoms with Crippen LogP contribution in [0.1, 0.15) is 68.8 Å². The number of carbonyl (C=O) groups is 1. The van der Waals surface area contributed by atoms with Gasteiger partial charge in [-0.25, -0.2) is 9.78 Å². The number of aromatic nitrogens is 2. The van der Waals surface area contributed by atoms with E-state index >= 15 is 0 Å². The van der Waals surface area contributed by atoms with E-state index in [0.717, 1.165) is 53.4 Å². The van der Waals surface area contributed by atoms with Gasteiger partial charge in [-0.15, -0.1) is 0 Å². The van der Waals surface area contributed by atoms with Crippen LogP contribution in [0.3, 0.4) is 0 Å². The molecule has 4 aromatic rings. The molecule has 0 bridgehead atoms. The van der Waals surface area contributed by atoms with Crippen molar-refractivity contribution >= 4 is 17.0 Å². The lowest BCUT2D eigenvalue weighted by atomic mass is 9.95. The molecule has 1 heterocycles. The van der Waals surface area contributed by atoms with E-state index in [1.165, 1.54) is 19.3 Å². The number of fused-ring (bicyclic) bond motifs is 1. The largest absolute Gasteiger partial charge is 0.478 e.